The SMILES string of the molecule is CCN1CCC2CCC(C1)N2c1nccc2ccc(S(=O)(=O)N3CCCN(C(=O)c4ccc(Cl)cc4)CC3)cc12. The first-order chi connectivity index (χ1) is 19.3. The molecule has 3 aromatic rings. The van der Waals surface area contributed by atoms with E-state index in [1.165, 1.54) is 4.31 Å². The molecule has 10 heteroatoms. The number of anilines is 1. The van der Waals surface area contributed by atoms with E-state index in [9.17, 15) is 13.2 Å². The summed E-state index contributed by atoms with van der Waals surface area (Å²) in [6, 6.07) is 15.0. The molecule has 2 bridgehead atoms. The van der Waals surface area contributed by atoms with Gasteiger partial charge in [-0.3, -0.25) is 4.79 Å². The summed E-state index contributed by atoms with van der Waals surface area (Å²) in [6.45, 7) is 6.83. The van der Waals surface area contributed by atoms with E-state index in [0.29, 0.717) is 48.7 Å². The molecule has 3 aliphatic rings. The third-order valence-corrected chi connectivity index (χ3v) is 10.9. The van der Waals surface area contributed by atoms with Crippen LogP contribution in [0.4, 0.5) is 5.82 Å². The third kappa shape index (κ3) is 5.20. The largest absolute Gasteiger partial charge is 0.349 e. The molecule has 6 rings (SSSR count). The maximum atomic E-state index is 13.9. The predicted octanol–water partition coefficient (Wildman–Crippen LogP) is 4.49. The quantitative estimate of drug-likeness (QED) is 0.442. The van der Waals surface area contributed by atoms with Gasteiger partial charge in [0.05, 0.1) is 4.90 Å². The highest BCUT2D eigenvalue weighted by Gasteiger charge is 2.38. The Balaban J connectivity index is 1.26. The fourth-order valence-electron chi connectivity index (χ4n) is 6.54. The smallest absolute Gasteiger partial charge is 0.253 e. The summed E-state index contributed by atoms with van der Waals surface area (Å²) < 4.78 is 29.3. The van der Waals surface area contributed by atoms with Gasteiger partial charge in [-0.1, -0.05) is 24.6 Å². The summed E-state index contributed by atoms with van der Waals surface area (Å²) >= 11 is 5.98. The number of likely N-dealkylation sites (N-methyl/N-ethyl adjacent to an activating group) is 1. The van der Waals surface area contributed by atoms with E-state index in [-0.39, 0.29) is 17.3 Å². The number of halogens is 1. The lowest BCUT2D eigenvalue weighted by molar-refractivity contribution is 0.0764. The first kappa shape index (κ1) is 27.4. The van der Waals surface area contributed by atoms with Gasteiger partial charge in [-0.25, -0.2) is 13.4 Å². The first-order valence-electron chi connectivity index (χ1n) is 14.3. The van der Waals surface area contributed by atoms with Gasteiger partial charge in [0.1, 0.15) is 5.82 Å². The summed E-state index contributed by atoms with van der Waals surface area (Å²) in [5, 5.41) is 2.46. The van der Waals surface area contributed by atoms with E-state index in [4.69, 9.17) is 16.6 Å². The number of hydrogen-bond donors (Lipinski definition) is 0. The Bertz CT molecular complexity index is 1500. The molecular formula is C30H36ClN5O3S. The Morgan fingerprint density at radius 3 is 2.55 bits per heavy atom. The highest BCUT2D eigenvalue weighted by atomic mass is 35.5. The lowest BCUT2D eigenvalue weighted by atomic mass is 10.1. The molecule has 4 heterocycles. The second-order valence-electron chi connectivity index (χ2n) is 11.0. The van der Waals surface area contributed by atoms with Gasteiger partial charge in [0.15, 0.2) is 0 Å². The van der Waals surface area contributed by atoms with Crippen LogP contribution in [0.5, 0.6) is 0 Å². The molecule has 1 amide bonds. The van der Waals surface area contributed by atoms with Crippen LogP contribution in [0.2, 0.25) is 5.02 Å². The Morgan fingerprint density at radius 2 is 1.75 bits per heavy atom. The van der Waals surface area contributed by atoms with Crippen LogP contribution in [0.3, 0.4) is 0 Å². The van der Waals surface area contributed by atoms with Crippen LogP contribution in [0, 0.1) is 0 Å². The molecule has 3 fully saturated rings. The number of carbonyl (C=O) groups excluding carboxylic acids is 1. The monoisotopic (exact) mass is 581 g/mol. The average Bonchev–Trinajstić information content (AvgIpc) is 3.10. The van der Waals surface area contributed by atoms with Crippen molar-refractivity contribution in [3.05, 3.63) is 65.3 Å². The fourth-order valence-corrected chi connectivity index (χ4v) is 8.16. The summed E-state index contributed by atoms with van der Waals surface area (Å²) in [4.78, 5) is 24.9. The average molecular weight is 582 g/mol. The van der Waals surface area contributed by atoms with Crippen molar-refractivity contribution in [2.75, 3.05) is 50.7 Å². The van der Waals surface area contributed by atoms with Gasteiger partial charge in [-0.05, 0) is 80.1 Å². The van der Waals surface area contributed by atoms with E-state index < -0.39 is 10.0 Å². The maximum absolute atomic E-state index is 13.9. The predicted molar refractivity (Wildman–Crippen MR) is 158 cm³/mol. The zero-order valence-electron chi connectivity index (χ0n) is 22.9. The molecule has 40 heavy (non-hydrogen) atoms. The highest BCUT2D eigenvalue weighted by Crippen LogP contribution is 2.38. The molecule has 3 saturated heterocycles. The molecule has 3 aliphatic heterocycles. The number of fused-ring (bicyclic) bond motifs is 3. The van der Waals surface area contributed by atoms with Crippen LogP contribution in [0.15, 0.2) is 59.6 Å². The molecule has 2 unspecified atom stereocenters. The number of benzene rings is 2. The molecule has 2 aromatic carbocycles. The lowest BCUT2D eigenvalue weighted by Crippen LogP contribution is -2.39. The second-order valence-corrected chi connectivity index (χ2v) is 13.4. The number of likely N-dealkylation sites (tertiary alicyclic amines) is 1. The van der Waals surface area contributed by atoms with E-state index in [2.05, 4.69) is 16.7 Å². The van der Waals surface area contributed by atoms with Crippen molar-refractivity contribution in [1.29, 1.82) is 0 Å². The number of pyridine rings is 1. The molecule has 0 spiro atoms. The number of hydrogen-bond acceptors (Lipinski definition) is 6. The number of nitrogens with zero attached hydrogens (tertiary/aromatic N) is 5. The van der Waals surface area contributed by atoms with Crippen LogP contribution in [-0.2, 0) is 10.0 Å². The van der Waals surface area contributed by atoms with Crippen molar-refractivity contribution < 1.29 is 13.2 Å². The molecule has 0 aliphatic carbocycles. The van der Waals surface area contributed by atoms with Gasteiger partial charge in [0, 0.05) is 73.5 Å². The Labute approximate surface area is 241 Å². The van der Waals surface area contributed by atoms with Crippen molar-refractivity contribution in [1.82, 2.24) is 19.1 Å². The maximum Gasteiger partial charge on any atom is 0.253 e. The summed E-state index contributed by atoms with van der Waals surface area (Å²) in [6.07, 6.45) is 5.80. The van der Waals surface area contributed by atoms with Crippen molar-refractivity contribution >= 4 is 44.1 Å². The normalized spacial score (nSPS) is 22.9. The van der Waals surface area contributed by atoms with E-state index >= 15 is 0 Å². The molecule has 0 N–H and O–H groups in total. The van der Waals surface area contributed by atoms with Gasteiger partial charge in [0.25, 0.3) is 5.91 Å². The zero-order valence-corrected chi connectivity index (χ0v) is 24.4. The molecule has 2 atom stereocenters. The molecule has 0 saturated carbocycles. The zero-order chi connectivity index (χ0) is 27.9. The molecular weight excluding hydrogens is 546 g/mol. The second kappa shape index (κ2) is 11.3. The summed E-state index contributed by atoms with van der Waals surface area (Å²) in [7, 11) is -3.75. The minimum atomic E-state index is -3.75. The highest BCUT2D eigenvalue weighted by molar-refractivity contribution is 7.89. The van der Waals surface area contributed by atoms with E-state index in [0.717, 1.165) is 55.5 Å². The van der Waals surface area contributed by atoms with Gasteiger partial charge < -0.3 is 14.7 Å². The minimum Gasteiger partial charge on any atom is -0.349 e. The lowest BCUT2D eigenvalue weighted by Gasteiger charge is -2.31. The summed E-state index contributed by atoms with van der Waals surface area (Å²) in [5.41, 5.74) is 0.555. The van der Waals surface area contributed by atoms with Crippen LogP contribution in [0.25, 0.3) is 10.8 Å². The summed E-state index contributed by atoms with van der Waals surface area (Å²) in [5.74, 6) is 0.793. The third-order valence-electron chi connectivity index (χ3n) is 8.75. The van der Waals surface area contributed by atoms with Crippen LogP contribution >= 0.6 is 11.6 Å². The van der Waals surface area contributed by atoms with Gasteiger partial charge in [-0.2, -0.15) is 4.31 Å². The van der Waals surface area contributed by atoms with E-state index in [1.807, 2.05) is 24.4 Å². The van der Waals surface area contributed by atoms with Crippen LogP contribution in [0.1, 0.15) is 43.0 Å². The number of rotatable bonds is 5. The number of aromatic nitrogens is 1. The molecule has 8 nitrogen and oxygen atoms in total. The Hall–Kier alpha value is -2.72. The van der Waals surface area contributed by atoms with Crippen molar-refractivity contribution in [2.24, 2.45) is 0 Å². The number of sulfonamides is 1. The van der Waals surface area contributed by atoms with Gasteiger partial charge in [0.2, 0.25) is 10.0 Å². The Kier molecular flexibility index (Phi) is 7.74. The minimum absolute atomic E-state index is 0.106. The van der Waals surface area contributed by atoms with Crippen molar-refractivity contribution in [2.45, 2.75) is 49.6 Å². The van der Waals surface area contributed by atoms with E-state index in [1.54, 1.807) is 35.2 Å². The number of amides is 1. The molecule has 0 radical (unpaired) electrons. The molecule has 1 aromatic heterocycles. The van der Waals surface area contributed by atoms with Gasteiger partial charge >= 0.3 is 0 Å². The van der Waals surface area contributed by atoms with Crippen molar-refractivity contribution in [3.63, 3.8) is 0 Å². The fraction of sp³-hybridized carbons (Fsp3) is 0.467. The van der Waals surface area contributed by atoms with Crippen LogP contribution < -0.4 is 4.90 Å². The van der Waals surface area contributed by atoms with Crippen LogP contribution in [-0.4, -0.2) is 91.3 Å². The number of carbonyl (C=O) groups is 1. The first-order valence-corrected chi connectivity index (χ1v) is 16.1. The molecule has 212 valence electrons. The van der Waals surface area contributed by atoms with Gasteiger partial charge in [-0.15, -0.1) is 0 Å². The Morgan fingerprint density at radius 1 is 0.950 bits per heavy atom. The van der Waals surface area contributed by atoms with Crippen molar-refractivity contribution in [3.8, 4) is 0 Å². The topological polar surface area (TPSA) is 77.1 Å². The standard InChI is InChI=1S/C30H36ClN5O3S/c1-2-33-17-13-25-9-10-26(21-33)36(25)29-28-20-27(11-6-22(28)12-14-32-29)40(38,39)35-16-3-15-34(18-19-35)30(37)23-4-7-24(31)8-5-23/h4-8,11-12,14,20,25-26H,2-3,9-10,13,15-19,21H2,1H3.